The maximum atomic E-state index is 17.8. The number of primary amides is 1. The van der Waals surface area contributed by atoms with Gasteiger partial charge in [0.1, 0.15) is 12.6 Å². The Morgan fingerprint density at radius 2 is 1.77 bits per heavy atom. The minimum atomic E-state index is -2.13. The topological polar surface area (TPSA) is 244 Å². The number of Topliss-reactive ketones (excluding diaryl/α,β-unsaturated/α-hetero) is 3. The lowest BCUT2D eigenvalue weighted by Crippen LogP contribution is -2.70. The van der Waals surface area contributed by atoms with Crippen LogP contribution in [-0.4, -0.2) is 130 Å². The summed E-state index contributed by atoms with van der Waals surface area (Å²) in [6.45, 7) is 7.42. The summed E-state index contributed by atoms with van der Waals surface area (Å²) in [5.41, 5.74) is 4.37. The monoisotopic (exact) mass is 864 g/mol. The van der Waals surface area contributed by atoms with Crippen LogP contribution in [-0.2, 0) is 52.5 Å². The largest absolute Gasteiger partial charge is 0.458 e. The van der Waals surface area contributed by atoms with Crippen LogP contribution in [0, 0.1) is 28.6 Å². The van der Waals surface area contributed by atoms with Crippen LogP contribution in [0.5, 0.6) is 0 Å². The molecule has 0 radical (unpaired) electrons. The second-order valence-electron chi connectivity index (χ2n) is 19.3. The van der Waals surface area contributed by atoms with Gasteiger partial charge < -0.3 is 50.1 Å². The molecule has 0 bridgehead atoms. The number of hydrogen-bond acceptors (Lipinski definition) is 15. The number of aliphatic hydroxyl groups is 1. The van der Waals surface area contributed by atoms with Crippen LogP contribution in [0.15, 0.2) is 46.3 Å². The van der Waals surface area contributed by atoms with E-state index in [-0.39, 0.29) is 72.9 Å². The van der Waals surface area contributed by atoms with Crippen molar-refractivity contribution in [2.45, 2.75) is 127 Å². The molecule has 334 valence electrons. The van der Waals surface area contributed by atoms with E-state index >= 15 is 4.39 Å². The second kappa shape index (κ2) is 13.6. The first-order valence-electron chi connectivity index (χ1n) is 21.3. The molecular weight excluding hydrogens is 811 g/mol. The number of fused-ring (bicyclic) bond motifs is 11. The maximum Gasteiger partial charge on any atom is 0.404 e. The molecule has 0 aromatic heterocycles. The molecule has 5 N–H and O–H groups in total. The molecule has 62 heavy (non-hydrogen) atoms. The van der Waals surface area contributed by atoms with Crippen LogP contribution in [0.4, 0.5) is 9.18 Å². The number of carbonyl (C=O) groups is 7. The van der Waals surface area contributed by atoms with Crippen molar-refractivity contribution in [3.8, 4) is 0 Å². The molecule has 6 fully saturated rings. The number of hydrogen-bond donors (Lipinski definition) is 3. The van der Waals surface area contributed by atoms with Gasteiger partial charge in [0.2, 0.25) is 23.3 Å². The standard InChI is InChI=1S/C44H53FN4O13/c1-20-33(46)36(56)32-25(18-60-38(47)57)44(58-6)37-26(17-48(44)34(32)35(20)55)49(37)30(53)8-7-9-31(54)59-19-28(52)43-29(61-39(2,3)62-43)15-24-23-11-10-21-14-22(50)12-13-40(21,4)42(23,45)27(51)16-41(24,43)5/h12-14,23-27,29,37,51H,7-11,15-19,46H2,1-6H3,(H2,47,57)/t23?,24?,25-,26+,27+,29-,37+,40+,41+,42+,43-,44-,49?/m1/s1. The second-order valence-corrected chi connectivity index (χ2v) is 19.3. The molecule has 2 unspecified atom stereocenters. The van der Waals surface area contributed by atoms with Gasteiger partial charge in [0, 0.05) is 54.4 Å². The molecule has 0 spiro atoms. The van der Waals surface area contributed by atoms with Crippen LogP contribution in [0.2, 0.25) is 0 Å². The summed E-state index contributed by atoms with van der Waals surface area (Å²) >= 11 is 0. The summed E-state index contributed by atoms with van der Waals surface area (Å²) in [4.78, 5) is 95.5. The van der Waals surface area contributed by atoms with E-state index in [0.717, 1.165) is 0 Å². The van der Waals surface area contributed by atoms with Gasteiger partial charge >= 0.3 is 12.1 Å². The number of alkyl halides is 1. The summed E-state index contributed by atoms with van der Waals surface area (Å²) in [6.07, 6.45) is 1.66. The third-order valence-electron chi connectivity index (χ3n) is 16.2. The minimum absolute atomic E-state index is 0.0347. The maximum absolute atomic E-state index is 17.8. The van der Waals surface area contributed by atoms with Gasteiger partial charge in [0.05, 0.1) is 35.6 Å². The molecule has 3 saturated heterocycles. The first kappa shape index (κ1) is 42.5. The van der Waals surface area contributed by atoms with Gasteiger partial charge in [-0.05, 0) is 77.9 Å². The summed E-state index contributed by atoms with van der Waals surface area (Å²) in [5, 5.41) is 11.9. The van der Waals surface area contributed by atoms with E-state index < -0.39 is 118 Å². The number of nitrogens with two attached hydrogens (primary N) is 2. The Bertz CT molecular complexity index is 2270. The number of rotatable bonds is 10. The Balaban J connectivity index is 0.856. The molecule has 12 atom stereocenters. The highest BCUT2D eigenvalue weighted by Crippen LogP contribution is 2.72. The number of aliphatic hydroxyl groups excluding tert-OH is 1. The molecule has 9 aliphatic rings. The molecule has 2 amide bonds. The molecular formula is C44H53FN4O13. The zero-order valence-electron chi connectivity index (χ0n) is 35.6. The van der Waals surface area contributed by atoms with E-state index in [2.05, 4.69) is 0 Å². The van der Waals surface area contributed by atoms with Crippen molar-refractivity contribution < 1.29 is 66.7 Å². The summed E-state index contributed by atoms with van der Waals surface area (Å²) in [5.74, 6) is -6.26. The lowest BCUT2D eigenvalue weighted by Gasteiger charge is -2.62. The fourth-order valence-electron chi connectivity index (χ4n) is 13.5. The SMILES string of the molecule is CO[C@@]12[C@H](COC(N)=O)C3=C(C(=O)C(C)=C(N)C3=O)N1C[C@H]1[C@@H]2N1C(=O)CCCC(=O)OCC(=O)[C@@]12OC(C)(C)O[C@@H]1CC1C3CCC4=CC(=O)C=C[C@]4(C)[C@@]3(F)[C@@H](O)C[C@@]12C. The predicted molar refractivity (Wildman–Crippen MR) is 210 cm³/mol. The van der Waals surface area contributed by atoms with Crippen molar-refractivity contribution in [1.29, 1.82) is 0 Å². The van der Waals surface area contributed by atoms with Crippen molar-refractivity contribution in [2.75, 3.05) is 26.9 Å². The fourth-order valence-corrected chi connectivity index (χ4v) is 13.5. The zero-order chi connectivity index (χ0) is 44.9. The van der Waals surface area contributed by atoms with Crippen LogP contribution >= 0.6 is 0 Å². The van der Waals surface area contributed by atoms with E-state index in [0.29, 0.717) is 18.4 Å². The van der Waals surface area contributed by atoms with Crippen LogP contribution in [0.1, 0.15) is 79.6 Å². The number of allylic oxidation sites excluding steroid dienone is 6. The van der Waals surface area contributed by atoms with Gasteiger partial charge in [-0.15, -0.1) is 0 Å². The highest BCUT2D eigenvalue weighted by molar-refractivity contribution is 6.25. The fraction of sp³-hybridized carbons (Fsp3) is 0.659. The van der Waals surface area contributed by atoms with Gasteiger partial charge in [-0.25, -0.2) is 9.18 Å². The minimum Gasteiger partial charge on any atom is -0.458 e. The van der Waals surface area contributed by atoms with Crippen molar-refractivity contribution in [3.05, 3.63) is 46.3 Å². The average molecular weight is 865 g/mol. The van der Waals surface area contributed by atoms with Gasteiger partial charge in [0.25, 0.3) is 0 Å². The third kappa shape index (κ3) is 5.29. The van der Waals surface area contributed by atoms with E-state index in [1.165, 1.54) is 26.2 Å². The molecule has 18 heteroatoms. The Kier molecular flexibility index (Phi) is 9.34. The normalized spacial score (nSPS) is 41.8. The lowest BCUT2D eigenvalue weighted by atomic mass is 9.44. The molecule has 4 heterocycles. The number of amides is 2. The number of nitrogens with zero attached hydrogens (tertiary/aromatic N) is 2. The van der Waals surface area contributed by atoms with Crippen LogP contribution in [0.25, 0.3) is 0 Å². The van der Waals surface area contributed by atoms with Crippen LogP contribution in [0.3, 0.4) is 0 Å². The first-order valence-corrected chi connectivity index (χ1v) is 21.3. The lowest BCUT2D eigenvalue weighted by molar-refractivity contribution is -0.246. The van der Waals surface area contributed by atoms with Crippen molar-refractivity contribution in [2.24, 2.45) is 40.1 Å². The van der Waals surface area contributed by atoms with E-state index in [4.69, 9.17) is 35.2 Å². The van der Waals surface area contributed by atoms with Crippen molar-refractivity contribution in [3.63, 3.8) is 0 Å². The summed E-state index contributed by atoms with van der Waals surface area (Å²) in [7, 11) is 1.38. The number of methoxy groups -OCH3 is 1. The molecule has 9 rings (SSSR count). The average Bonchev–Trinajstić information content (AvgIpc) is 3.43. The van der Waals surface area contributed by atoms with Gasteiger partial charge in [0.15, 0.2) is 35.2 Å². The van der Waals surface area contributed by atoms with Gasteiger partial charge in [-0.2, -0.15) is 0 Å². The Labute approximate surface area is 356 Å². The number of halogens is 1. The number of ketones is 4. The van der Waals surface area contributed by atoms with Gasteiger partial charge in [-0.3, -0.25) is 28.8 Å². The molecule has 0 aromatic rings. The number of piperazine rings is 1. The summed E-state index contributed by atoms with van der Waals surface area (Å²) < 4.78 is 47.4. The molecule has 4 aliphatic heterocycles. The quantitative estimate of drug-likeness (QED) is 0.161. The molecule has 17 nitrogen and oxygen atoms in total. The van der Waals surface area contributed by atoms with Gasteiger partial charge in [-0.1, -0.05) is 18.6 Å². The molecule has 5 aliphatic carbocycles. The number of esters is 1. The first-order chi connectivity index (χ1) is 29.1. The predicted octanol–water partition coefficient (Wildman–Crippen LogP) is 1.74. The Morgan fingerprint density at radius 1 is 1.05 bits per heavy atom. The third-order valence-corrected chi connectivity index (χ3v) is 16.2. The molecule has 3 saturated carbocycles. The smallest absolute Gasteiger partial charge is 0.404 e. The Morgan fingerprint density at radius 3 is 2.47 bits per heavy atom. The van der Waals surface area contributed by atoms with E-state index in [1.54, 1.807) is 36.6 Å². The van der Waals surface area contributed by atoms with E-state index in [9.17, 15) is 38.7 Å². The van der Waals surface area contributed by atoms with E-state index in [1.807, 2.05) is 6.92 Å². The van der Waals surface area contributed by atoms with Crippen LogP contribution < -0.4 is 11.5 Å². The Hall–Kier alpha value is -4.78. The zero-order valence-corrected chi connectivity index (χ0v) is 35.6. The number of carbonyl (C=O) groups excluding carboxylic acids is 7. The van der Waals surface area contributed by atoms with Crippen molar-refractivity contribution >= 4 is 41.1 Å². The van der Waals surface area contributed by atoms with Crippen molar-refractivity contribution in [1.82, 2.24) is 9.80 Å². The highest BCUT2D eigenvalue weighted by atomic mass is 19.1. The highest BCUT2D eigenvalue weighted by Gasteiger charge is 2.81. The summed E-state index contributed by atoms with van der Waals surface area (Å²) in [6, 6.07) is -1.05. The molecule has 0 aromatic carbocycles. The number of ether oxygens (including phenoxy) is 5.